The Morgan fingerprint density at radius 1 is 0.462 bits per heavy atom. The molecule has 0 aromatic heterocycles. The van der Waals surface area contributed by atoms with Gasteiger partial charge >= 0.3 is 37.7 Å². The van der Waals surface area contributed by atoms with E-state index in [9.17, 15) is 31.6 Å². The molecule has 0 amide bonds. The van der Waals surface area contributed by atoms with E-state index in [0.29, 0.717) is 35.0 Å². The molecule has 13 heteroatoms. The zero-order valence-electron chi connectivity index (χ0n) is 39.2. The van der Waals surface area contributed by atoms with Gasteiger partial charge in [0.15, 0.2) is 0 Å². The fraction of sp³-hybridized carbons (Fsp3) is 0.538. The number of benzene rings is 4. The molecule has 4 aromatic carbocycles. The van der Waals surface area contributed by atoms with E-state index in [2.05, 4.69) is 13.8 Å². The molecular weight excluding hydrogens is 889 g/mol. The first-order chi connectivity index (χ1) is 30.8. The van der Waals surface area contributed by atoms with Gasteiger partial charge in [-0.05, 0) is 98.0 Å². The van der Waals surface area contributed by atoms with Gasteiger partial charge in [0, 0.05) is 5.56 Å². The molecule has 0 aliphatic heterocycles. The molecule has 0 aliphatic rings. The van der Waals surface area contributed by atoms with Gasteiger partial charge in [0.25, 0.3) is 10.1 Å². The molecular formula is C52H74CaO10S2. The third-order valence-corrected chi connectivity index (χ3v) is 13.2. The summed E-state index contributed by atoms with van der Waals surface area (Å²) in [7, 11) is -8.73. The van der Waals surface area contributed by atoms with E-state index in [1.165, 1.54) is 183 Å². The number of hydrogen-bond acceptors (Lipinski definition) is 9. The van der Waals surface area contributed by atoms with Crippen LogP contribution in [-0.4, -0.2) is 68.8 Å². The van der Waals surface area contributed by atoms with Crippen LogP contribution in [0, 0.1) is 0 Å². The predicted octanol–water partition coefficient (Wildman–Crippen LogP) is 14.0. The van der Waals surface area contributed by atoms with Gasteiger partial charge in [-0.2, -0.15) is 8.42 Å². The number of rotatable bonds is 32. The first kappa shape index (κ1) is 58.3. The summed E-state index contributed by atoms with van der Waals surface area (Å²) in [5.74, 6) is 2.04. The summed E-state index contributed by atoms with van der Waals surface area (Å²) < 4.78 is 76.3. The van der Waals surface area contributed by atoms with Crippen molar-refractivity contribution in [1.29, 1.82) is 0 Å². The van der Waals surface area contributed by atoms with Crippen molar-refractivity contribution in [1.82, 2.24) is 0 Å². The van der Waals surface area contributed by atoms with Crippen molar-refractivity contribution in [3.05, 3.63) is 96.1 Å². The zero-order chi connectivity index (χ0) is 46.5. The van der Waals surface area contributed by atoms with Crippen LogP contribution < -0.4 is 14.6 Å². The molecule has 0 aliphatic carbocycles. The first-order valence-electron chi connectivity index (χ1n) is 23.9. The Kier molecular flexibility index (Phi) is 30.1. The van der Waals surface area contributed by atoms with E-state index in [1.54, 1.807) is 30.3 Å². The molecule has 0 unspecified atom stereocenters. The smallest absolute Gasteiger partial charge is 0.872 e. The molecule has 10 nitrogen and oxygen atoms in total. The van der Waals surface area contributed by atoms with E-state index in [-0.39, 0.29) is 59.0 Å². The summed E-state index contributed by atoms with van der Waals surface area (Å²) in [6.45, 7) is 4.50. The van der Waals surface area contributed by atoms with Crippen LogP contribution >= 0.6 is 0 Å². The van der Waals surface area contributed by atoms with Crippen molar-refractivity contribution in [3.8, 4) is 34.5 Å². The fourth-order valence-corrected chi connectivity index (χ4v) is 8.63. The van der Waals surface area contributed by atoms with Crippen molar-refractivity contribution in [3.63, 3.8) is 0 Å². The maximum absolute atomic E-state index is 12.3. The maximum Gasteiger partial charge on any atom is 2.00 e. The molecule has 0 saturated heterocycles. The summed E-state index contributed by atoms with van der Waals surface area (Å²) in [4.78, 5) is -0.489. The molecule has 2 N–H and O–H groups in total. The molecule has 0 saturated carbocycles. The van der Waals surface area contributed by atoms with Gasteiger partial charge in [0.1, 0.15) is 38.9 Å². The summed E-state index contributed by atoms with van der Waals surface area (Å²) in [5.41, 5.74) is 1.40. The van der Waals surface area contributed by atoms with Gasteiger partial charge < -0.3 is 24.2 Å². The van der Waals surface area contributed by atoms with Crippen LogP contribution in [0.4, 0.5) is 0 Å². The largest absolute Gasteiger partial charge is 2.00 e. The summed E-state index contributed by atoms with van der Waals surface area (Å²) in [5, 5.41) is 22.7. The summed E-state index contributed by atoms with van der Waals surface area (Å²) >= 11 is 0. The second-order valence-electron chi connectivity index (χ2n) is 16.8. The van der Waals surface area contributed by atoms with E-state index in [0.717, 1.165) is 37.7 Å². The Labute approximate surface area is 421 Å². The number of ether oxygens (including phenoxy) is 2. The van der Waals surface area contributed by atoms with Crippen molar-refractivity contribution >= 4 is 58.0 Å². The summed E-state index contributed by atoms with van der Waals surface area (Å²) in [6.07, 6.45) is 31.9. The fourth-order valence-electron chi connectivity index (χ4n) is 7.68. The molecule has 0 atom stereocenters. The monoisotopic (exact) mass is 962 g/mol. The quantitative estimate of drug-likeness (QED) is 0.0272. The van der Waals surface area contributed by atoms with Crippen LogP contribution in [0.1, 0.15) is 179 Å². The molecule has 0 radical (unpaired) electrons. The van der Waals surface area contributed by atoms with Crippen LogP contribution in [0.2, 0.25) is 0 Å². The molecule has 356 valence electrons. The Balaban J connectivity index is 0.000000440. The van der Waals surface area contributed by atoms with Crippen LogP contribution in [-0.2, 0) is 33.1 Å². The zero-order valence-corrected chi connectivity index (χ0v) is 43.0. The number of unbranched alkanes of at least 4 members (excludes halogenated alkanes) is 22. The van der Waals surface area contributed by atoms with Crippen LogP contribution in [0.25, 0.3) is 0 Å². The molecule has 4 aromatic rings. The SMILES string of the molecule is CCCCCCCCCCCCCCc1c(O)cccc1Oc1ccc(S(=O)(=O)O)cc1.CCCCCCCCCCCCCCc1c([O-])cccc1Oc1ccc(S(=O)(=O)[O-])cc1.[Ca+2]. The van der Waals surface area contributed by atoms with Crippen molar-refractivity contribution in [2.75, 3.05) is 0 Å². The van der Waals surface area contributed by atoms with Gasteiger partial charge in [-0.3, -0.25) is 4.55 Å². The molecule has 4 rings (SSSR count). The Morgan fingerprint density at radius 2 is 0.800 bits per heavy atom. The first-order valence-corrected chi connectivity index (χ1v) is 26.8. The van der Waals surface area contributed by atoms with Gasteiger partial charge in [-0.1, -0.05) is 173 Å². The molecule has 65 heavy (non-hydrogen) atoms. The van der Waals surface area contributed by atoms with Crippen LogP contribution in [0.15, 0.2) is 94.7 Å². The van der Waals surface area contributed by atoms with Crippen molar-refractivity contribution in [2.24, 2.45) is 0 Å². The summed E-state index contributed by atoms with van der Waals surface area (Å²) in [6, 6.07) is 20.9. The van der Waals surface area contributed by atoms with E-state index < -0.39 is 20.2 Å². The van der Waals surface area contributed by atoms with Crippen molar-refractivity contribution < 1.29 is 45.6 Å². The normalized spacial score (nSPS) is 11.4. The number of hydrogen-bond donors (Lipinski definition) is 2. The third-order valence-electron chi connectivity index (χ3n) is 11.4. The minimum Gasteiger partial charge on any atom is -0.872 e. The third kappa shape index (κ3) is 24.7. The minimum atomic E-state index is -4.49. The minimum absolute atomic E-state index is 0. The van der Waals surface area contributed by atoms with Gasteiger partial charge in [-0.15, -0.1) is 5.75 Å². The second kappa shape index (κ2) is 33.6. The Morgan fingerprint density at radius 3 is 1.18 bits per heavy atom. The predicted molar refractivity (Wildman–Crippen MR) is 260 cm³/mol. The molecule has 0 spiro atoms. The average molecular weight is 963 g/mol. The van der Waals surface area contributed by atoms with Crippen LogP contribution in [0.5, 0.6) is 34.5 Å². The van der Waals surface area contributed by atoms with Crippen molar-refractivity contribution in [2.45, 2.75) is 191 Å². The average Bonchev–Trinajstić information content (AvgIpc) is 3.26. The molecule has 0 bridgehead atoms. The van der Waals surface area contributed by atoms with Gasteiger partial charge in [0.05, 0.1) is 9.79 Å². The molecule has 0 fully saturated rings. The van der Waals surface area contributed by atoms with E-state index >= 15 is 0 Å². The topological polar surface area (TPSA) is 173 Å². The number of phenolic OH excluding ortho intramolecular Hbond substituents is 1. The molecule has 0 heterocycles. The van der Waals surface area contributed by atoms with E-state index in [1.807, 2.05) is 0 Å². The number of phenols is 1. The Bertz CT molecular complexity index is 1940. The van der Waals surface area contributed by atoms with E-state index in [4.69, 9.17) is 14.0 Å². The van der Waals surface area contributed by atoms with Gasteiger partial charge in [-0.25, -0.2) is 8.42 Å². The standard InChI is InChI=1S/2C26H38O5S.Ca/c2*1-2-3-4-5-6-7-8-9-10-11-12-13-15-24-25(27)16-14-17-26(24)31-22-18-20-23(21-19-22)32(28,29)30;/h2*14,16-21,27H,2-13,15H2,1H3,(H,28,29,30);/q;;+2/p-2. The number of aromatic hydroxyl groups is 1. The second-order valence-corrected chi connectivity index (χ2v) is 19.6. The maximum atomic E-state index is 12.3. The van der Waals surface area contributed by atoms with Crippen LogP contribution in [0.3, 0.4) is 0 Å². The Hall–Kier alpha value is -2.84. The van der Waals surface area contributed by atoms with Gasteiger partial charge in [0.2, 0.25) is 0 Å².